The van der Waals surface area contributed by atoms with Gasteiger partial charge in [0.2, 0.25) is 50.1 Å². The van der Waals surface area contributed by atoms with Crippen LogP contribution in [-0.4, -0.2) is 129 Å². The van der Waals surface area contributed by atoms with Crippen molar-refractivity contribution in [2.45, 2.75) is 59.1 Å². The molecule has 0 unspecified atom stereocenters. The van der Waals surface area contributed by atoms with Crippen LogP contribution in [0.4, 0.5) is 0 Å². The number of hydrogen-bond donors (Lipinski definition) is 0. The Labute approximate surface area is 443 Å². The minimum absolute atomic E-state index is 0.0689. The zero-order valence-electron chi connectivity index (χ0n) is 42.0. The Bertz CT molecular complexity index is 3140. The number of sulfonamides is 5. The van der Waals surface area contributed by atoms with E-state index >= 15 is 0 Å². The molecule has 0 fully saturated rings. The Balaban J connectivity index is 1.46. The van der Waals surface area contributed by atoms with Crippen LogP contribution in [-0.2, 0) is 50.1 Å². The van der Waals surface area contributed by atoms with Crippen LogP contribution in [0.2, 0.25) is 0 Å². The first-order valence-electron chi connectivity index (χ1n) is 23.2. The second-order valence-electron chi connectivity index (χ2n) is 17.2. The fraction of sp³-hybridized carbons (Fsp3) is 0.273. The van der Waals surface area contributed by atoms with E-state index in [1.165, 1.54) is 60.7 Å². The molecule has 0 amide bonds. The summed E-state index contributed by atoms with van der Waals surface area (Å²) in [6.45, 7) is 4.40. The van der Waals surface area contributed by atoms with Crippen molar-refractivity contribution in [1.29, 1.82) is 0 Å². The summed E-state index contributed by atoms with van der Waals surface area (Å²) in [5.41, 5.74) is 4.02. The molecule has 15 nitrogen and oxygen atoms in total. The summed E-state index contributed by atoms with van der Waals surface area (Å²) in [5.74, 6) is 27.8. The van der Waals surface area contributed by atoms with Gasteiger partial charge in [-0.3, -0.25) is 0 Å². The SMILES string of the molecule is Cc1ccc(S(=O)(=O)N2CC#CCN(S(=O)(=O)c3ccc(C)cc3)CC#CCN(S(=O)(=O)c3ccc(C)cc3)CC#CCN(S(=O)(=O)c3ccc(C)cc3)CC#CCN(S(=O)(=O)c3ccc(C)cc3)CC#CC2)cc1. The third kappa shape index (κ3) is 15.1. The van der Waals surface area contributed by atoms with Gasteiger partial charge < -0.3 is 0 Å². The van der Waals surface area contributed by atoms with Gasteiger partial charge in [0, 0.05) is 0 Å². The van der Waals surface area contributed by atoms with E-state index in [0.29, 0.717) is 0 Å². The number of hydrogen-bond acceptors (Lipinski definition) is 10. The van der Waals surface area contributed by atoms with Gasteiger partial charge >= 0.3 is 0 Å². The highest BCUT2D eigenvalue weighted by molar-refractivity contribution is 7.90. The number of rotatable bonds is 10. The average molecular weight is 1110 g/mol. The smallest absolute Gasteiger partial charge is 0.207 e. The third-order valence-electron chi connectivity index (χ3n) is 11.5. The molecule has 1 aliphatic heterocycles. The van der Waals surface area contributed by atoms with Crippen molar-refractivity contribution in [3.8, 4) is 59.2 Å². The van der Waals surface area contributed by atoms with Gasteiger partial charge in [0.1, 0.15) is 0 Å². The molecule has 20 heteroatoms. The van der Waals surface area contributed by atoms with Crippen LogP contribution in [0.15, 0.2) is 146 Å². The Kier molecular flexibility index (Phi) is 19.5. The first-order valence-corrected chi connectivity index (χ1v) is 30.4. The van der Waals surface area contributed by atoms with Gasteiger partial charge in [-0.1, -0.05) is 148 Å². The first-order chi connectivity index (χ1) is 35.5. The molecule has 0 radical (unpaired) electrons. The maximum atomic E-state index is 14.1. The molecule has 5 aromatic rings. The van der Waals surface area contributed by atoms with E-state index in [0.717, 1.165) is 49.3 Å². The van der Waals surface area contributed by atoms with Crippen molar-refractivity contribution in [2.75, 3.05) is 65.4 Å². The standard InChI is InChI=1S/C55H55N5O10S5/c1-46-16-26-51(27-17-46)71(61,62)56-36-6-8-38-57(72(63,64)52-28-18-47(2)19-29-52)40-10-12-42-59(74(67,68)54-32-22-49(4)23-33-54)44-14-15-45-60(75(69,70)55-34-24-50(5)25-35-55)43-13-11-41-58(39-9-7-37-56)73(65,66)53-30-20-48(3)21-31-53/h16-35H,36-45H2,1-5H3. The largest absolute Gasteiger partial charge is 0.244 e. The summed E-state index contributed by atoms with van der Waals surface area (Å²) in [6, 6.07) is 30.5. The first kappa shape index (κ1) is 57.7. The monoisotopic (exact) mass is 1110 g/mol. The molecule has 390 valence electrons. The normalized spacial score (nSPS) is 16.1. The predicted molar refractivity (Wildman–Crippen MR) is 289 cm³/mol. The average Bonchev–Trinajstić information content (AvgIpc) is 3.36. The van der Waals surface area contributed by atoms with Crippen LogP contribution in [0.3, 0.4) is 0 Å². The van der Waals surface area contributed by atoms with Crippen LogP contribution in [0, 0.1) is 93.8 Å². The Morgan fingerprint density at radius 3 is 0.440 bits per heavy atom. The van der Waals surface area contributed by atoms with Crippen LogP contribution in [0.5, 0.6) is 0 Å². The van der Waals surface area contributed by atoms with Gasteiger partial charge in [0.15, 0.2) is 0 Å². The summed E-state index contributed by atoms with van der Waals surface area (Å²) in [4.78, 5) is -0.344. The van der Waals surface area contributed by atoms with E-state index in [1.54, 1.807) is 95.3 Å². The predicted octanol–water partition coefficient (Wildman–Crippen LogP) is 5.01. The van der Waals surface area contributed by atoms with Gasteiger partial charge in [-0.05, 0) is 95.3 Å². The lowest BCUT2D eigenvalue weighted by Crippen LogP contribution is -2.34. The molecule has 0 saturated heterocycles. The molecule has 0 saturated carbocycles. The minimum atomic E-state index is -4.29. The fourth-order valence-electron chi connectivity index (χ4n) is 6.87. The Morgan fingerprint density at radius 2 is 0.333 bits per heavy atom. The summed E-state index contributed by atoms with van der Waals surface area (Å²) >= 11 is 0. The van der Waals surface area contributed by atoms with Crippen LogP contribution >= 0.6 is 0 Å². The van der Waals surface area contributed by atoms with Crippen molar-refractivity contribution in [3.05, 3.63) is 149 Å². The van der Waals surface area contributed by atoms with E-state index in [-0.39, 0.29) is 24.5 Å². The molecular weight excluding hydrogens is 1050 g/mol. The summed E-state index contributed by atoms with van der Waals surface area (Å²) in [7, 11) is -21.4. The minimum Gasteiger partial charge on any atom is -0.207 e. The lowest BCUT2D eigenvalue weighted by atomic mass is 10.2. The van der Waals surface area contributed by atoms with E-state index in [1.807, 2.05) is 0 Å². The lowest BCUT2D eigenvalue weighted by Gasteiger charge is -2.19. The molecule has 0 aliphatic carbocycles. The van der Waals surface area contributed by atoms with E-state index in [2.05, 4.69) is 59.2 Å². The zero-order valence-corrected chi connectivity index (χ0v) is 46.1. The van der Waals surface area contributed by atoms with Gasteiger partial charge in [-0.15, -0.1) is 0 Å². The van der Waals surface area contributed by atoms with Crippen LogP contribution in [0.1, 0.15) is 27.8 Å². The van der Waals surface area contributed by atoms with Crippen molar-refractivity contribution in [3.63, 3.8) is 0 Å². The van der Waals surface area contributed by atoms with E-state index in [4.69, 9.17) is 0 Å². The van der Waals surface area contributed by atoms with Crippen molar-refractivity contribution < 1.29 is 42.1 Å². The summed E-state index contributed by atoms with van der Waals surface area (Å²) in [5, 5.41) is 0. The fourth-order valence-corrected chi connectivity index (χ4v) is 13.1. The second kappa shape index (κ2) is 25.3. The quantitative estimate of drug-likeness (QED) is 0.172. The van der Waals surface area contributed by atoms with Gasteiger partial charge in [-0.25, -0.2) is 42.1 Å². The number of aryl methyl sites for hydroxylation is 5. The van der Waals surface area contributed by atoms with Crippen molar-refractivity contribution in [1.82, 2.24) is 21.5 Å². The summed E-state index contributed by atoms with van der Waals surface area (Å²) in [6.07, 6.45) is 0. The number of benzene rings is 5. The highest BCUT2D eigenvalue weighted by Crippen LogP contribution is 2.21. The molecule has 5 aromatic carbocycles. The van der Waals surface area contributed by atoms with Gasteiger partial charge in [0.25, 0.3) is 0 Å². The Hall–Kier alpha value is -6.55. The molecule has 0 N–H and O–H groups in total. The topological polar surface area (TPSA) is 187 Å². The molecule has 1 heterocycles. The molecule has 1 aliphatic rings. The molecule has 0 atom stereocenters. The molecule has 75 heavy (non-hydrogen) atoms. The molecule has 0 spiro atoms. The second-order valence-corrected chi connectivity index (χ2v) is 26.9. The van der Waals surface area contributed by atoms with Crippen LogP contribution in [0.25, 0.3) is 0 Å². The highest BCUT2D eigenvalue weighted by Gasteiger charge is 2.28. The molecule has 0 bridgehead atoms. The maximum absolute atomic E-state index is 14.1. The van der Waals surface area contributed by atoms with Crippen molar-refractivity contribution in [2.24, 2.45) is 0 Å². The van der Waals surface area contributed by atoms with Gasteiger partial charge in [0.05, 0.1) is 89.9 Å². The van der Waals surface area contributed by atoms with E-state index in [9.17, 15) is 42.1 Å². The van der Waals surface area contributed by atoms with E-state index < -0.39 is 116 Å². The Morgan fingerprint density at radius 1 is 0.227 bits per heavy atom. The number of nitrogens with zero attached hydrogens (tertiary/aromatic N) is 5. The van der Waals surface area contributed by atoms with Gasteiger partial charge in [-0.2, -0.15) is 21.5 Å². The molecular formula is C55H55N5O10S5. The van der Waals surface area contributed by atoms with Crippen molar-refractivity contribution >= 4 is 50.1 Å². The molecule has 0 aromatic heterocycles. The maximum Gasteiger partial charge on any atom is 0.244 e. The lowest BCUT2D eigenvalue weighted by molar-refractivity contribution is 0.474. The van der Waals surface area contributed by atoms with Crippen LogP contribution < -0.4 is 0 Å². The summed E-state index contributed by atoms with van der Waals surface area (Å²) < 4.78 is 146. The third-order valence-corrected chi connectivity index (χ3v) is 20.5. The zero-order chi connectivity index (χ0) is 54.4. The molecule has 6 rings (SSSR count). The highest BCUT2D eigenvalue weighted by atomic mass is 32.2.